The number of pyridine rings is 1. The molecule has 1 aromatic carbocycles. The van der Waals surface area contributed by atoms with Crippen LogP contribution in [-0.2, 0) is 33.4 Å². The maximum absolute atomic E-state index is 13.5. The number of fused-ring (bicyclic) bond motifs is 1. The van der Waals surface area contributed by atoms with E-state index in [2.05, 4.69) is 27.6 Å². The van der Waals surface area contributed by atoms with E-state index in [1.54, 1.807) is 33.0 Å². The molecule has 2 aromatic rings. The van der Waals surface area contributed by atoms with Gasteiger partial charge in [0.05, 0.1) is 29.9 Å². The summed E-state index contributed by atoms with van der Waals surface area (Å²) >= 11 is 0. The Morgan fingerprint density at radius 3 is 2.62 bits per heavy atom. The molecule has 4 rings (SSSR count). The Morgan fingerprint density at radius 1 is 1.16 bits per heavy atom. The minimum absolute atomic E-state index is 0.228. The van der Waals surface area contributed by atoms with Crippen LogP contribution in [0.25, 0.3) is 16.8 Å². The Hall–Kier alpha value is -4.13. The molecule has 272 valence electrons. The Balaban J connectivity index is 1.32. The Bertz CT molecular complexity index is 1550. The second kappa shape index (κ2) is 17.7. The van der Waals surface area contributed by atoms with E-state index in [4.69, 9.17) is 14.2 Å². The van der Waals surface area contributed by atoms with E-state index < -0.39 is 47.5 Å². The van der Waals surface area contributed by atoms with Crippen LogP contribution in [0.3, 0.4) is 0 Å². The average molecular weight is 692 g/mol. The molecule has 0 bridgehead atoms. The van der Waals surface area contributed by atoms with Crippen molar-refractivity contribution in [2.75, 3.05) is 19.9 Å². The van der Waals surface area contributed by atoms with Crippen molar-refractivity contribution in [3.8, 4) is 0 Å². The lowest BCUT2D eigenvalue weighted by molar-refractivity contribution is -0.163. The molecular weight excluding hydrogens is 638 g/mol. The van der Waals surface area contributed by atoms with Crippen LogP contribution in [0, 0.1) is 11.8 Å². The van der Waals surface area contributed by atoms with Crippen molar-refractivity contribution in [1.82, 2.24) is 26.1 Å². The highest BCUT2D eigenvalue weighted by atomic mass is 16.7. The van der Waals surface area contributed by atoms with Gasteiger partial charge in [0, 0.05) is 18.1 Å². The number of nitrogens with zero attached hydrogens (tertiary/aromatic N) is 2. The van der Waals surface area contributed by atoms with E-state index in [9.17, 15) is 19.2 Å². The number of hydrogen-bond donors (Lipinski definition) is 3. The zero-order valence-corrected chi connectivity index (χ0v) is 30.2. The van der Waals surface area contributed by atoms with Crippen molar-refractivity contribution in [1.29, 1.82) is 0 Å². The summed E-state index contributed by atoms with van der Waals surface area (Å²) in [4.78, 5) is 57.9. The SMILES string of the molecule is C=Cc1cc2cc([C@@H](C)NC(=O)[C@@H]3CCCN(C(=O)[C@H](C)NC(=O)[C@@H](OC(=O)[C@@H](C/C=C/C)CCC4(C)COCO4)C(C)C)N3)ccc2cn1. The number of rotatable bonds is 15. The fourth-order valence-electron chi connectivity index (χ4n) is 6.13. The molecule has 12 heteroatoms. The molecule has 1 unspecified atom stereocenters. The van der Waals surface area contributed by atoms with E-state index in [-0.39, 0.29) is 24.7 Å². The van der Waals surface area contributed by atoms with Crippen LogP contribution in [-0.4, -0.2) is 77.4 Å². The number of aromatic nitrogens is 1. The quantitative estimate of drug-likeness (QED) is 0.178. The number of amides is 3. The predicted octanol–water partition coefficient (Wildman–Crippen LogP) is 4.75. The van der Waals surface area contributed by atoms with Crippen molar-refractivity contribution in [3.05, 3.63) is 60.5 Å². The lowest BCUT2D eigenvalue weighted by Gasteiger charge is -2.35. The second-order valence-electron chi connectivity index (χ2n) is 13.9. The highest BCUT2D eigenvalue weighted by Crippen LogP contribution is 2.28. The van der Waals surface area contributed by atoms with Gasteiger partial charge in [-0.2, -0.15) is 0 Å². The Kier molecular flexibility index (Phi) is 13.7. The molecule has 1 aromatic heterocycles. The monoisotopic (exact) mass is 691 g/mol. The summed E-state index contributed by atoms with van der Waals surface area (Å²) in [6.07, 6.45) is 8.92. The van der Waals surface area contributed by atoms with Crippen molar-refractivity contribution in [2.45, 2.75) is 103 Å². The number of nitrogens with one attached hydrogen (secondary N) is 3. The van der Waals surface area contributed by atoms with Crippen LogP contribution in [0.5, 0.6) is 0 Å². The minimum atomic E-state index is -1.09. The summed E-state index contributed by atoms with van der Waals surface area (Å²) in [5, 5.41) is 9.18. The summed E-state index contributed by atoms with van der Waals surface area (Å²) in [5.74, 6) is -2.44. The van der Waals surface area contributed by atoms with Gasteiger partial charge < -0.3 is 24.8 Å². The highest BCUT2D eigenvalue weighted by molar-refractivity contribution is 5.91. The molecule has 3 N–H and O–H groups in total. The smallest absolute Gasteiger partial charge is 0.310 e. The molecule has 0 radical (unpaired) electrons. The first-order valence-electron chi connectivity index (χ1n) is 17.6. The van der Waals surface area contributed by atoms with Gasteiger partial charge in [0.15, 0.2) is 6.10 Å². The summed E-state index contributed by atoms with van der Waals surface area (Å²) < 4.78 is 16.9. The van der Waals surface area contributed by atoms with Crippen molar-refractivity contribution in [2.24, 2.45) is 11.8 Å². The summed E-state index contributed by atoms with van der Waals surface area (Å²) in [5.41, 5.74) is 4.30. The first kappa shape index (κ1) is 38.7. The lowest BCUT2D eigenvalue weighted by Crippen LogP contribution is -2.61. The second-order valence-corrected chi connectivity index (χ2v) is 13.9. The van der Waals surface area contributed by atoms with E-state index >= 15 is 0 Å². The molecule has 50 heavy (non-hydrogen) atoms. The Labute approximate surface area is 295 Å². The first-order valence-corrected chi connectivity index (χ1v) is 17.6. The Morgan fingerprint density at radius 2 is 1.94 bits per heavy atom. The van der Waals surface area contributed by atoms with E-state index in [1.807, 2.05) is 57.2 Å². The molecule has 2 fully saturated rings. The highest BCUT2D eigenvalue weighted by Gasteiger charge is 2.36. The lowest BCUT2D eigenvalue weighted by atomic mass is 9.91. The van der Waals surface area contributed by atoms with Gasteiger partial charge >= 0.3 is 5.97 Å². The van der Waals surface area contributed by atoms with Crippen LogP contribution < -0.4 is 16.1 Å². The van der Waals surface area contributed by atoms with Crippen LogP contribution in [0.1, 0.15) is 90.9 Å². The summed E-state index contributed by atoms with van der Waals surface area (Å²) in [6.45, 7) is 15.8. The number of allylic oxidation sites excluding steroid dienone is 2. The molecule has 3 heterocycles. The molecule has 6 atom stereocenters. The van der Waals surface area contributed by atoms with E-state index in [0.29, 0.717) is 45.3 Å². The van der Waals surface area contributed by atoms with Gasteiger partial charge in [0.2, 0.25) is 5.91 Å². The fourth-order valence-corrected chi connectivity index (χ4v) is 6.13. The normalized spacial score (nSPS) is 21.8. The third-order valence-corrected chi connectivity index (χ3v) is 9.35. The average Bonchev–Trinajstić information content (AvgIpc) is 3.55. The standard InChI is InChI=1S/C38H53N5O7/c1-8-10-12-27(16-17-38(7)22-48-23-49-38)37(47)50-33(24(3)4)35(45)41-26(6)36(46)43-18-11-13-32(42-43)34(44)40-25(5)28-14-15-29-21-39-31(9-2)20-30(29)19-28/h8-10,14-15,19-21,24-27,32-33,42H,2,11-13,16-18,22-23H2,1,3-7H3,(H,40,44)(H,41,45)/b10-8+/t25-,26+,27+,32+,33+,38?/m1/s1. The number of benzene rings is 1. The van der Waals surface area contributed by atoms with E-state index in [1.165, 1.54) is 5.01 Å². The van der Waals surface area contributed by atoms with Crippen LogP contribution >= 0.6 is 0 Å². The number of hydrogen-bond acceptors (Lipinski definition) is 9. The van der Waals surface area contributed by atoms with Gasteiger partial charge in [-0.3, -0.25) is 29.2 Å². The van der Waals surface area contributed by atoms with Crippen molar-refractivity contribution >= 4 is 40.5 Å². The third kappa shape index (κ3) is 10.2. The molecule has 12 nitrogen and oxygen atoms in total. The van der Waals surface area contributed by atoms with E-state index in [0.717, 1.165) is 22.0 Å². The van der Waals surface area contributed by atoms with Crippen LogP contribution in [0.4, 0.5) is 0 Å². The van der Waals surface area contributed by atoms with Gasteiger partial charge in [-0.05, 0) is 94.9 Å². The molecule has 2 aliphatic heterocycles. The van der Waals surface area contributed by atoms with Gasteiger partial charge in [0.1, 0.15) is 18.9 Å². The number of ether oxygens (including phenoxy) is 3. The minimum Gasteiger partial charge on any atom is -0.452 e. The zero-order valence-electron chi connectivity index (χ0n) is 30.2. The van der Waals surface area contributed by atoms with Crippen molar-refractivity contribution < 1.29 is 33.4 Å². The number of esters is 1. The van der Waals surface area contributed by atoms with Crippen molar-refractivity contribution in [3.63, 3.8) is 0 Å². The molecule has 0 spiro atoms. The van der Waals surface area contributed by atoms with Crippen LogP contribution in [0.15, 0.2) is 49.2 Å². The number of hydrazine groups is 1. The maximum Gasteiger partial charge on any atom is 0.310 e. The maximum atomic E-state index is 13.5. The summed E-state index contributed by atoms with van der Waals surface area (Å²) in [6, 6.07) is 6.07. The molecule has 0 aliphatic carbocycles. The number of carbonyl (C=O) groups is 4. The molecule has 2 aliphatic rings. The van der Waals surface area contributed by atoms with Gasteiger partial charge in [-0.1, -0.05) is 44.7 Å². The summed E-state index contributed by atoms with van der Waals surface area (Å²) in [7, 11) is 0. The zero-order chi connectivity index (χ0) is 36.4. The molecule has 2 saturated heterocycles. The fraction of sp³-hybridized carbons (Fsp3) is 0.553. The van der Waals surface area contributed by atoms with Crippen LogP contribution in [0.2, 0.25) is 0 Å². The third-order valence-electron chi connectivity index (χ3n) is 9.35. The largest absolute Gasteiger partial charge is 0.452 e. The van der Waals surface area contributed by atoms with Gasteiger partial charge in [0.25, 0.3) is 11.8 Å². The molecular formula is C38H53N5O7. The molecule has 0 saturated carbocycles. The predicted molar refractivity (Wildman–Crippen MR) is 191 cm³/mol. The van der Waals surface area contributed by atoms with Gasteiger partial charge in [-0.15, -0.1) is 0 Å². The topological polar surface area (TPSA) is 148 Å². The first-order chi connectivity index (χ1) is 23.8. The number of carbonyl (C=O) groups excluding carboxylic acids is 4. The molecule has 3 amide bonds. The van der Waals surface area contributed by atoms with Gasteiger partial charge in [-0.25, -0.2) is 5.43 Å².